The number of aromatic nitrogens is 3. The van der Waals surface area contributed by atoms with Gasteiger partial charge in [-0.05, 0) is 68.3 Å². The average molecular weight is 881 g/mol. The number of allylic oxidation sites excluding steroid dienone is 2. The molecule has 6 rings (SSSR count). The summed E-state index contributed by atoms with van der Waals surface area (Å²) in [7, 11) is 1.27. The Balaban J connectivity index is 0.00000771. The van der Waals surface area contributed by atoms with Crippen molar-refractivity contribution in [2.24, 2.45) is 35.5 Å². The first-order valence-corrected chi connectivity index (χ1v) is 23.5. The van der Waals surface area contributed by atoms with Crippen LogP contribution in [0.2, 0.25) is 0 Å². The van der Waals surface area contributed by atoms with E-state index in [4.69, 9.17) is 29.7 Å². The molecule has 3 aromatic heterocycles. The monoisotopic (exact) mass is 881 g/mol. The number of aldehydes is 1. The molecule has 11 heteroatoms. The molecule has 0 radical (unpaired) electrons. The summed E-state index contributed by atoms with van der Waals surface area (Å²) in [6.07, 6.45) is 21.5. The summed E-state index contributed by atoms with van der Waals surface area (Å²) >= 11 is 0. The molecule has 1 fully saturated rings. The summed E-state index contributed by atoms with van der Waals surface area (Å²) in [5.74, 6) is -1.17. The molecule has 5 heterocycles. The number of methoxy groups -OCH3 is 1. The molecule has 340 valence electrons. The van der Waals surface area contributed by atoms with Crippen molar-refractivity contribution in [3.8, 4) is 0 Å². The number of rotatable bonds is 21. The van der Waals surface area contributed by atoms with Crippen LogP contribution in [0.4, 0.5) is 0 Å². The Morgan fingerprint density at radius 2 is 1.45 bits per heavy atom. The van der Waals surface area contributed by atoms with Crippen molar-refractivity contribution in [2.45, 2.75) is 139 Å². The molecule has 0 aromatic carbocycles. The Morgan fingerprint density at radius 3 is 2.06 bits per heavy atom. The van der Waals surface area contributed by atoms with Gasteiger partial charge < -0.3 is 29.7 Å². The van der Waals surface area contributed by atoms with Crippen molar-refractivity contribution >= 4 is 76.9 Å². The van der Waals surface area contributed by atoms with Gasteiger partial charge in [0.2, 0.25) is 0 Å². The van der Waals surface area contributed by atoms with Crippen molar-refractivity contribution in [2.75, 3.05) is 13.7 Å². The van der Waals surface area contributed by atoms with Gasteiger partial charge >= 0.3 is 35.0 Å². The number of fused-ring (bicyclic) bond motifs is 7. The first kappa shape index (κ1) is 50.6. The molecule has 1 unspecified atom stereocenters. The van der Waals surface area contributed by atoms with Crippen molar-refractivity contribution in [3.63, 3.8) is 0 Å². The molecular formula is C53H68MgN4O6-2. The molecule has 1 saturated heterocycles. The summed E-state index contributed by atoms with van der Waals surface area (Å²) in [4.78, 5) is 68.8. The fourth-order valence-corrected chi connectivity index (χ4v) is 9.93. The smallest absolute Gasteiger partial charge is 0.664 e. The van der Waals surface area contributed by atoms with E-state index in [1.54, 1.807) is 12.2 Å². The zero-order valence-electron chi connectivity index (χ0n) is 39.9. The van der Waals surface area contributed by atoms with Gasteiger partial charge in [-0.2, -0.15) is 11.4 Å². The summed E-state index contributed by atoms with van der Waals surface area (Å²) in [6.45, 7) is 21.5. The second kappa shape index (κ2) is 22.7. The fourth-order valence-electron chi connectivity index (χ4n) is 9.93. The first-order valence-electron chi connectivity index (χ1n) is 23.5. The second-order valence-corrected chi connectivity index (χ2v) is 18.6. The molecule has 0 spiro atoms. The summed E-state index contributed by atoms with van der Waals surface area (Å²) in [5, 5.41) is 6.27. The van der Waals surface area contributed by atoms with Crippen LogP contribution in [0.3, 0.4) is 0 Å². The van der Waals surface area contributed by atoms with Gasteiger partial charge in [0, 0.05) is 17.5 Å². The summed E-state index contributed by atoms with van der Waals surface area (Å²) in [6, 6.07) is 0. The van der Waals surface area contributed by atoms with E-state index >= 15 is 0 Å². The summed E-state index contributed by atoms with van der Waals surface area (Å²) < 4.78 is 11.1. The number of carbonyl (C=O) groups is 4. The number of esters is 2. The minimum absolute atomic E-state index is 0. The Labute approximate surface area is 396 Å². The Bertz CT molecular complexity index is 2390. The van der Waals surface area contributed by atoms with Crippen LogP contribution >= 0.6 is 0 Å². The SMILES string of the molecule is C=Cc1c2[n-]c(c1C)/C=C1\[N-]/C(=C3\c4[n-]c(c(C)c4C(=O)[C@@H]3C(=O)OC)/C=c3\[n-]/c(c(C=O)c3CC)=C\2)[C@@H](CCC(=O)OCCC(C)CCC[C@H](C)CCC[C@H](C)CCCC)[C@@H]1C.[Mg+2]. The molecule has 0 saturated carbocycles. The third-order valence-corrected chi connectivity index (χ3v) is 14.0. The van der Waals surface area contributed by atoms with E-state index in [9.17, 15) is 19.2 Å². The van der Waals surface area contributed by atoms with Gasteiger partial charge in [0.1, 0.15) is 12.2 Å². The number of carbonyl (C=O) groups excluding carboxylic acids is 4. The standard InChI is InChI=1S/C53H69N4O6.Mg/c1-11-14-17-30(4)18-15-19-31(5)20-16-21-32(6)24-25-63-46(59)23-22-38-34(8)41-26-40-33(7)36(12-2)43(54-40)28-45-39(29-58)37(13-3)44(55-45)27-42-35(9)47-51(57-42)48(50(38)56-41)49(52(47)60)53(61)62-10;/h12,26-32,34,38,49H,2,11,13-25H2,1,3-10H3,(H-,56,57,58,60);/q-3;+2/p-1/b41-26-,45-28-;/t30-,31-,32?,34+,38+,49-;/m1./s1. The van der Waals surface area contributed by atoms with Gasteiger partial charge in [-0.3, -0.25) is 19.2 Å². The molecule has 3 aromatic rings. The van der Waals surface area contributed by atoms with E-state index in [2.05, 4.69) is 41.2 Å². The van der Waals surface area contributed by atoms with Crippen molar-refractivity contribution in [3.05, 3.63) is 90.1 Å². The minimum atomic E-state index is -1.26. The third-order valence-electron chi connectivity index (χ3n) is 14.0. The van der Waals surface area contributed by atoms with Crippen LogP contribution in [0.15, 0.2) is 18.0 Å². The van der Waals surface area contributed by atoms with Gasteiger partial charge in [-0.15, -0.1) is 33.5 Å². The van der Waals surface area contributed by atoms with Gasteiger partial charge in [-0.1, -0.05) is 152 Å². The zero-order valence-corrected chi connectivity index (χ0v) is 41.3. The van der Waals surface area contributed by atoms with Crippen LogP contribution in [0.5, 0.6) is 0 Å². The first-order chi connectivity index (χ1) is 30.3. The molecule has 1 aliphatic carbocycles. The minimum Gasteiger partial charge on any atom is -0.664 e. The van der Waals surface area contributed by atoms with E-state index in [0.29, 0.717) is 92.5 Å². The van der Waals surface area contributed by atoms with E-state index < -0.39 is 17.7 Å². The van der Waals surface area contributed by atoms with Gasteiger partial charge in [0.05, 0.1) is 13.7 Å². The largest absolute Gasteiger partial charge is 2.00 e. The maximum Gasteiger partial charge on any atom is 2.00 e. The van der Waals surface area contributed by atoms with Crippen molar-refractivity contribution in [1.82, 2.24) is 15.0 Å². The zero-order chi connectivity index (χ0) is 45.5. The van der Waals surface area contributed by atoms with Crippen LogP contribution in [0, 0.1) is 49.4 Å². The van der Waals surface area contributed by atoms with Crippen LogP contribution in [-0.4, -0.2) is 60.8 Å². The second-order valence-electron chi connectivity index (χ2n) is 18.6. The van der Waals surface area contributed by atoms with E-state index in [-0.39, 0.29) is 47.3 Å². The Hall–Kier alpha value is -4.35. The predicted molar refractivity (Wildman–Crippen MR) is 256 cm³/mol. The van der Waals surface area contributed by atoms with E-state index in [1.165, 1.54) is 58.5 Å². The molecule has 8 bridgehead atoms. The molecule has 10 nitrogen and oxygen atoms in total. The van der Waals surface area contributed by atoms with E-state index in [0.717, 1.165) is 47.7 Å². The molecule has 3 aliphatic rings. The van der Waals surface area contributed by atoms with Crippen LogP contribution < -0.4 is 25.7 Å². The molecule has 2 aliphatic heterocycles. The number of hydrogen-bond acceptors (Lipinski definition) is 6. The molecule has 6 atom stereocenters. The topological polar surface area (TPSA) is 143 Å². The van der Waals surface area contributed by atoms with Crippen molar-refractivity contribution in [1.29, 1.82) is 0 Å². The molecule has 0 N–H and O–H groups in total. The van der Waals surface area contributed by atoms with Gasteiger partial charge in [-0.25, -0.2) is 0 Å². The average Bonchev–Trinajstić information content (AvgIpc) is 4.01. The number of nitrogens with zero attached hydrogens (tertiary/aromatic N) is 4. The van der Waals surface area contributed by atoms with Gasteiger partial charge in [0.25, 0.3) is 0 Å². The van der Waals surface area contributed by atoms with E-state index in [1.807, 2.05) is 32.9 Å². The van der Waals surface area contributed by atoms with Crippen molar-refractivity contribution < 1.29 is 28.7 Å². The maximum atomic E-state index is 14.4. The Kier molecular flexibility index (Phi) is 18.0. The summed E-state index contributed by atoms with van der Waals surface area (Å²) in [5.41, 5.74) is 7.73. The number of ketones is 1. The maximum absolute atomic E-state index is 14.4. The Morgan fingerprint density at radius 1 is 0.828 bits per heavy atom. The van der Waals surface area contributed by atoms with Gasteiger partial charge in [0.15, 0.2) is 5.78 Å². The number of hydrogen-bond donors (Lipinski definition) is 0. The number of ether oxygens (including phenoxy) is 2. The normalized spacial score (nSPS) is 21.9. The quantitative estimate of drug-likeness (QED) is 0.0443. The number of unbranched alkanes of at least 4 members (excludes halogenated alkanes) is 1. The predicted octanol–water partition coefficient (Wildman–Crippen LogP) is 9.31. The van der Waals surface area contributed by atoms with Crippen LogP contribution in [0.1, 0.15) is 184 Å². The molecular weight excluding hydrogens is 813 g/mol. The molecule has 0 amide bonds. The van der Waals surface area contributed by atoms with Crippen LogP contribution in [-0.2, 0) is 25.5 Å². The van der Waals surface area contributed by atoms with Crippen LogP contribution in [0.25, 0.3) is 35.2 Å². The fraction of sp³-hybridized carbons (Fsp3) is 0.547. The third kappa shape index (κ3) is 10.8. The number of Topliss-reactive ketones (excluding diaryl/α,β-unsaturated/α-hetero) is 1. The molecule has 64 heavy (non-hydrogen) atoms.